The first-order valence-corrected chi connectivity index (χ1v) is 6.21. The minimum absolute atomic E-state index is 0.218. The number of benzene rings is 2. The predicted molar refractivity (Wildman–Crippen MR) is 72.3 cm³/mol. The van der Waals surface area contributed by atoms with Gasteiger partial charge in [-0.25, -0.2) is 4.39 Å². The Morgan fingerprint density at radius 2 is 1.76 bits per heavy atom. The molecule has 0 radical (unpaired) electrons. The van der Waals surface area contributed by atoms with Gasteiger partial charge in [-0.2, -0.15) is 4.98 Å². The van der Waals surface area contributed by atoms with Gasteiger partial charge in [-0.05, 0) is 35.9 Å². The summed E-state index contributed by atoms with van der Waals surface area (Å²) < 4.78 is 17.9. The highest BCUT2D eigenvalue weighted by molar-refractivity contribution is 5.58. The Labute approximate surface area is 119 Å². The van der Waals surface area contributed by atoms with Gasteiger partial charge in [-0.3, -0.25) is 0 Å². The maximum Gasteiger partial charge on any atom is 0.258 e. The quantitative estimate of drug-likeness (QED) is 0.724. The normalized spacial score (nSPS) is 10.7. The SMILES string of the molecule is Oc1ccc(-c2nc(Cc3ccc(F)cc3)no2)cc1O. The van der Waals surface area contributed by atoms with Crippen LogP contribution in [0.3, 0.4) is 0 Å². The van der Waals surface area contributed by atoms with Crippen LogP contribution in [-0.2, 0) is 6.42 Å². The molecular formula is C15H11FN2O3. The van der Waals surface area contributed by atoms with Crippen LogP contribution in [0.25, 0.3) is 11.5 Å². The average Bonchev–Trinajstić information content (AvgIpc) is 2.93. The highest BCUT2D eigenvalue weighted by Gasteiger charge is 2.11. The first-order chi connectivity index (χ1) is 10.1. The van der Waals surface area contributed by atoms with Crippen molar-refractivity contribution >= 4 is 0 Å². The molecule has 0 spiro atoms. The van der Waals surface area contributed by atoms with Gasteiger partial charge in [0, 0.05) is 12.0 Å². The van der Waals surface area contributed by atoms with E-state index in [1.165, 1.54) is 24.3 Å². The zero-order chi connectivity index (χ0) is 14.8. The zero-order valence-corrected chi connectivity index (χ0v) is 10.8. The van der Waals surface area contributed by atoms with E-state index in [2.05, 4.69) is 10.1 Å². The summed E-state index contributed by atoms with van der Waals surface area (Å²) in [6.45, 7) is 0. The van der Waals surface area contributed by atoms with E-state index in [1.54, 1.807) is 18.2 Å². The standard InChI is InChI=1S/C15H11FN2O3/c16-11-4-1-9(2-5-11)7-14-17-15(21-18-14)10-3-6-12(19)13(20)8-10/h1-6,8,19-20H,7H2. The van der Waals surface area contributed by atoms with Crippen molar-refractivity contribution in [1.29, 1.82) is 0 Å². The van der Waals surface area contributed by atoms with Gasteiger partial charge in [0.25, 0.3) is 5.89 Å². The molecule has 2 aromatic carbocycles. The third-order valence-corrected chi connectivity index (χ3v) is 2.97. The van der Waals surface area contributed by atoms with Crippen LogP contribution in [0.1, 0.15) is 11.4 Å². The molecule has 0 aliphatic heterocycles. The fourth-order valence-corrected chi connectivity index (χ4v) is 1.88. The fourth-order valence-electron chi connectivity index (χ4n) is 1.88. The van der Waals surface area contributed by atoms with Gasteiger partial charge in [-0.1, -0.05) is 17.3 Å². The van der Waals surface area contributed by atoms with Crippen LogP contribution in [0.15, 0.2) is 47.0 Å². The summed E-state index contributed by atoms with van der Waals surface area (Å²) in [4.78, 5) is 4.20. The first kappa shape index (κ1) is 13.1. The molecule has 0 atom stereocenters. The predicted octanol–water partition coefficient (Wildman–Crippen LogP) is 2.88. The van der Waals surface area contributed by atoms with Crippen LogP contribution in [0.5, 0.6) is 11.5 Å². The molecule has 1 heterocycles. The van der Waals surface area contributed by atoms with Crippen LogP contribution < -0.4 is 0 Å². The molecule has 0 aliphatic rings. The molecule has 0 amide bonds. The van der Waals surface area contributed by atoms with Gasteiger partial charge in [0.2, 0.25) is 0 Å². The van der Waals surface area contributed by atoms with Crippen molar-refractivity contribution in [2.45, 2.75) is 6.42 Å². The molecule has 6 heteroatoms. The van der Waals surface area contributed by atoms with Gasteiger partial charge < -0.3 is 14.7 Å². The van der Waals surface area contributed by atoms with Gasteiger partial charge in [0.05, 0.1) is 0 Å². The van der Waals surface area contributed by atoms with E-state index >= 15 is 0 Å². The lowest BCUT2D eigenvalue weighted by Gasteiger charge is -1.98. The smallest absolute Gasteiger partial charge is 0.258 e. The number of halogens is 1. The summed E-state index contributed by atoms with van der Waals surface area (Å²) in [7, 11) is 0. The average molecular weight is 286 g/mol. The van der Waals surface area contributed by atoms with Crippen molar-refractivity contribution < 1.29 is 19.1 Å². The van der Waals surface area contributed by atoms with Crippen LogP contribution in [-0.4, -0.2) is 20.4 Å². The minimum Gasteiger partial charge on any atom is -0.504 e. The summed E-state index contributed by atoms with van der Waals surface area (Å²) in [5.74, 6) is -0.0886. The van der Waals surface area contributed by atoms with Crippen molar-refractivity contribution in [2.75, 3.05) is 0 Å². The van der Waals surface area contributed by atoms with Crippen LogP contribution in [0, 0.1) is 5.82 Å². The number of aromatic nitrogens is 2. The summed E-state index contributed by atoms with van der Waals surface area (Å²) in [5, 5.41) is 22.6. The van der Waals surface area contributed by atoms with Crippen molar-refractivity contribution in [3.05, 3.63) is 59.7 Å². The van der Waals surface area contributed by atoms with Gasteiger partial charge in [-0.15, -0.1) is 0 Å². The van der Waals surface area contributed by atoms with E-state index in [0.717, 1.165) is 5.56 Å². The molecule has 0 saturated carbocycles. The molecule has 0 aliphatic carbocycles. The Kier molecular flexibility index (Phi) is 3.27. The maximum atomic E-state index is 12.8. The maximum absolute atomic E-state index is 12.8. The molecule has 5 nitrogen and oxygen atoms in total. The van der Waals surface area contributed by atoms with E-state index in [4.69, 9.17) is 4.52 Å². The Hall–Kier alpha value is -2.89. The Morgan fingerprint density at radius 3 is 2.48 bits per heavy atom. The number of hydrogen-bond acceptors (Lipinski definition) is 5. The number of rotatable bonds is 3. The topological polar surface area (TPSA) is 79.4 Å². The molecule has 106 valence electrons. The Morgan fingerprint density at radius 1 is 1.00 bits per heavy atom. The number of nitrogens with zero attached hydrogens (tertiary/aromatic N) is 2. The van der Waals surface area contributed by atoms with E-state index in [9.17, 15) is 14.6 Å². The summed E-state index contributed by atoms with van der Waals surface area (Å²) in [5.41, 5.74) is 1.36. The monoisotopic (exact) mass is 286 g/mol. The van der Waals surface area contributed by atoms with E-state index < -0.39 is 0 Å². The molecule has 21 heavy (non-hydrogen) atoms. The van der Waals surface area contributed by atoms with Crippen LogP contribution in [0.2, 0.25) is 0 Å². The Bertz CT molecular complexity index is 769. The first-order valence-electron chi connectivity index (χ1n) is 6.21. The number of hydrogen-bond donors (Lipinski definition) is 2. The molecule has 0 fully saturated rings. The van der Waals surface area contributed by atoms with Gasteiger partial charge in [0.15, 0.2) is 17.3 Å². The van der Waals surface area contributed by atoms with E-state index in [1.807, 2.05) is 0 Å². The third-order valence-electron chi connectivity index (χ3n) is 2.97. The highest BCUT2D eigenvalue weighted by atomic mass is 19.1. The molecule has 1 aromatic heterocycles. The largest absolute Gasteiger partial charge is 0.504 e. The van der Waals surface area contributed by atoms with Gasteiger partial charge >= 0.3 is 0 Å². The van der Waals surface area contributed by atoms with Crippen molar-refractivity contribution in [3.8, 4) is 23.0 Å². The second-order valence-electron chi connectivity index (χ2n) is 4.52. The summed E-state index contributed by atoms with van der Waals surface area (Å²) in [6, 6.07) is 10.3. The molecule has 2 N–H and O–H groups in total. The lowest BCUT2D eigenvalue weighted by molar-refractivity contribution is 0.402. The molecule has 3 rings (SSSR count). The summed E-state index contributed by atoms with van der Waals surface area (Å²) in [6.07, 6.45) is 0.411. The number of phenols is 2. The van der Waals surface area contributed by atoms with Crippen molar-refractivity contribution in [3.63, 3.8) is 0 Å². The second-order valence-corrected chi connectivity index (χ2v) is 4.52. The zero-order valence-electron chi connectivity index (χ0n) is 10.8. The molecular weight excluding hydrogens is 275 g/mol. The van der Waals surface area contributed by atoms with Crippen molar-refractivity contribution in [1.82, 2.24) is 10.1 Å². The molecule has 0 unspecified atom stereocenters. The molecule has 3 aromatic rings. The molecule has 0 saturated heterocycles. The van der Waals surface area contributed by atoms with E-state index in [-0.39, 0.29) is 23.2 Å². The lowest BCUT2D eigenvalue weighted by Crippen LogP contribution is -1.91. The molecule has 0 bridgehead atoms. The third kappa shape index (κ3) is 2.84. The Balaban J connectivity index is 1.82. The van der Waals surface area contributed by atoms with Crippen molar-refractivity contribution in [2.24, 2.45) is 0 Å². The van der Waals surface area contributed by atoms with Crippen LogP contribution >= 0.6 is 0 Å². The van der Waals surface area contributed by atoms with E-state index in [0.29, 0.717) is 17.8 Å². The lowest BCUT2D eigenvalue weighted by atomic mass is 10.1. The number of phenolic OH excluding ortho intramolecular Hbond substituents is 2. The van der Waals surface area contributed by atoms with Gasteiger partial charge in [0.1, 0.15) is 5.82 Å². The fraction of sp³-hybridized carbons (Fsp3) is 0.0667. The van der Waals surface area contributed by atoms with Crippen LogP contribution in [0.4, 0.5) is 4.39 Å². The highest BCUT2D eigenvalue weighted by Crippen LogP contribution is 2.29. The summed E-state index contributed by atoms with van der Waals surface area (Å²) >= 11 is 0. The minimum atomic E-state index is -0.299. The number of aromatic hydroxyl groups is 2. The second kappa shape index (κ2) is 5.24.